The SMILES string of the molecule is Cc1cc(C(C)(C)C)cc(C)c1CC(N)Cc1nccs1. The number of nitrogens with two attached hydrogens (primary N) is 1. The average molecular weight is 302 g/mol. The van der Waals surface area contributed by atoms with E-state index in [-0.39, 0.29) is 11.5 Å². The van der Waals surface area contributed by atoms with Crippen molar-refractivity contribution in [1.29, 1.82) is 0 Å². The van der Waals surface area contributed by atoms with Gasteiger partial charge in [0.1, 0.15) is 0 Å². The van der Waals surface area contributed by atoms with E-state index in [1.807, 2.05) is 11.6 Å². The van der Waals surface area contributed by atoms with Gasteiger partial charge in [0.05, 0.1) is 5.01 Å². The summed E-state index contributed by atoms with van der Waals surface area (Å²) < 4.78 is 0. The quantitative estimate of drug-likeness (QED) is 0.920. The van der Waals surface area contributed by atoms with Crippen molar-refractivity contribution in [2.75, 3.05) is 0 Å². The molecule has 1 aromatic heterocycles. The highest BCUT2D eigenvalue weighted by molar-refractivity contribution is 7.09. The predicted molar refractivity (Wildman–Crippen MR) is 92.1 cm³/mol. The molecule has 0 bridgehead atoms. The molecule has 114 valence electrons. The van der Waals surface area contributed by atoms with E-state index in [2.05, 4.69) is 51.7 Å². The number of aryl methyl sites for hydroxylation is 2. The fraction of sp³-hybridized carbons (Fsp3) is 0.500. The average Bonchev–Trinajstić information content (AvgIpc) is 2.85. The Morgan fingerprint density at radius 1 is 1.14 bits per heavy atom. The molecule has 1 heterocycles. The van der Waals surface area contributed by atoms with Gasteiger partial charge in [-0.2, -0.15) is 0 Å². The van der Waals surface area contributed by atoms with E-state index in [9.17, 15) is 0 Å². The molecule has 0 aliphatic rings. The molecule has 0 spiro atoms. The largest absolute Gasteiger partial charge is 0.327 e. The van der Waals surface area contributed by atoms with Gasteiger partial charge >= 0.3 is 0 Å². The fourth-order valence-electron chi connectivity index (χ4n) is 2.66. The van der Waals surface area contributed by atoms with E-state index in [4.69, 9.17) is 5.73 Å². The smallest absolute Gasteiger partial charge is 0.0940 e. The van der Waals surface area contributed by atoms with E-state index in [0.717, 1.165) is 17.8 Å². The van der Waals surface area contributed by atoms with Crippen molar-refractivity contribution in [3.05, 3.63) is 51.0 Å². The van der Waals surface area contributed by atoms with Crippen LogP contribution in [0.3, 0.4) is 0 Å². The van der Waals surface area contributed by atoms with Crippen LogP contribution in [0, 0.1) is 13.8 Å². The summed E-state index contributed by atoms with van der Waals surface area (Å²) in [6.45, 7) is 11.2. The lowest BCUT2D eigenvalue weighted by Crippen LogP contribution is -2.26. The number of hydrogen-bond donors (Lipinski definition) is 1. The highest BCUT2D eigenvalue weighted by Gasteiger charge is 2.17. The molecule has 0 saturated carbocycles. The van der Waals surface area contributed by atoms with Crippen LogP contribution in [-0.4, -0.2) is 11.0 Å². The molecule has 1 atom stereocenters. The second-order valence-electron chi connectivity index (χ2n) is 6.93. The Morgan fingerprint density at radius 2 is 1.76 bits per heavy atom. The minimum Gasteiger partial charge on any atom is -0.327 e. The van der Waals surface area contributed by atoms with Crippen LogP contribution in [0.2, 0.25) is 0 Å². The molecule has 0 fully saturated rings. The monoisotopic (exact) mass is 302 g/mol. The van der Waals surface area contributed by atoms with Crippen LogP contribution in [0.15, 0.2) is 23.7 Å². The lowest BCUT2D eigenvalue weighted by atomic mass is 9.83. The van der Waals surface area contributed by atoms with E-state index >= 15 is 0 Å². The van der Waals surface area contributed by atoms with Crippen molar-refractivity contribution in [2.45, 2.75) is 58.9 Å². The molecule has 2 aromatic rings. The zero-order valence-corrected chi connectivity index (χ0v) is 14.6. The third kappa shape index (κ3) is 4.14. The summed E-state index contributed by atoms with van der Waals surface area (Å²) in [5, 5.41) is 3.14. The highest BCUT2D eigenvalue weighted by atomic mass is 32.1. The minimum absolute atomic E-state index is 0.133. The van der Waals surface area contributed by atoms with Gasteiger partial charge in [-0.25, -0.2) is 4.98 Å². The molecule has 2 nitrogen and oxygen atoms in total. The summed E-state index contributed by atoms with van der Waals surface area (Å²) in [6, 6.07) is 4.77. The zero-order valence-electron chi connectivity index (χ0n) is 13.7. The highest BCUT2D eigenvalue weighted by Crippen LogP contribution is 2.27. The minimum atomic E-state index is 0.133. The standard InChI is InChI=1S/C18H26N2S/c1-12-8-14(18(3,4)5)9-13(2)16(12)10-15(19)11-17-20-6-7-21-17/h6-9,15H,10-11,19H2,1-5H3. The van der Waals surface area contributed by atoms with Gasteiger partial charge in [0.15, 0.2) is 0 Å². The molecule has 1 aromatic carbocycles. The van der Waals surface area contributed by atoms with Crippen LogP contribution >= 0.6 is 11.3 Å². The first kappa shape index (κ1) is 16.2. The van der Waals surface area contributed by atoms with Crippen molar-refractivity contribution in [3.8, 4) is 0 Å². The van der Waals surface area contributed by atoms with Crippen LogP contribution < -0.4 is 5.73 Å². The normalized spacial score (nSPS) is 13.4. The molecule has 2 rings (SSSR count). The van der Waals surface area contributed by atoms with Crippen molar-refractivity contribution in [2.24, 2.45) is 5.73 Å². The number of rotatable bonds is 4. The molecule has 0 amide bonds. The second-order valence-corrected chi connectivity index (χ2v) is 7.91. The van der Waals surface area contributed by atoms with E-state index < -0.39 is 0 Å². The second kappa shape index (κ2) is 6.29. The number of benzene rings is 1. The Balaban J connectivity index is 2.17. The van der Waals surface area contributed by atoms with Gasteiger partial charge in [-0.1, -0.05) is 32.9 Å². The Kier molecular flexibility index (Phi) is 4.84. The summed E-state index contributed by atoms with van der Waals surface area (Å²) >= 11 is 1.68. The molecule has 3 heteroatoms. The van der Waals surface area contributed by atoms with Crippen LogP contribution in [-0.2, 0) is 18.3 Å². The molecular weight excluding hydrogens is 276 g/mol. The van der Waals surface area contributed by atoms with Gasteiger partial charge < -0.3 is 5.73 Å². The Hall–Kier alpha value is -1.19. The third-order valence-electron chi connectivity index (χ3n) is 3.95. The van der Waals surface area contributed by atoms with Gasteiger partial charge in [0, 0.05) is 24.0 Å². The van der Waals surface area contributed by atoms with Crippen molar-refractivity contribution in [3.63, 3.8) is 0 Å². The van der Waals surface area contributed by atoms with Crippen LogP contribution in [0.1, 0.15) is 48.0 Å². The number of hydrogen-bond acceptors (Lipinski definition) is 3. The van der Waals surface area contributed by atoms with Gasteiger partial charge in [-0.15, -0.1) is 11.3 Å². The number of aromatic nitrogens is 1. The summed E-state index contributed by atoms with van der Waals surface area (Å²) in [7, 11) is 0. The van der Waals surface area contributed by atoms with Gasteiger partial charge in [-0.3, -0.25) is 0 Å². The topological polar surface area (TPSA) is 38.9 Å². The fourth-order valence-corrected chi connectivity index (χ4v) is 3.37. The third-order valence-corrected chi connectivity index (χ3v) is 4.75. The summed E-state index contributed by atoms with van der Waals surface area (Å²) in [6.07, 6.45) is 3.63. The number of thiazole rings is 1. The maximum atomic E-state index is 6.33. The maximum Gasteiger partial charge on any atom is 0.0940 e. The Morgan fingerprint density at radius 3 is 2.24 bits per heavy atom. The van der Waals surface area contributed by atoms with Crippen molar-refractivity contribution in [1.82, 2.24) is 4.98 Å². The van der Waals surface area contributed by atoms with E-state index in [0.29, 0.717) is 0 Å². The Bertz CT molecular complexity index is 571. The first-order chi connectivity index (χ1) is 9.77. The molecule has 0 aliphatic carbocycles. The maximum absolute atomic E-state index is 6.33. The Labute approximate surface area is 132 Å². The van der Waals surface area contributed by atoms with E-state index in [1.54, 1.807) is 11.3 Å². The van der Waals surface area contributed by atoms with Gasteiger partial charge in [-0.05, 0) is 47.9 Å². The van der Waals surface area contributed by atoms with Crippen LogP contribution in [0.5, 0.6) is 0 Å². The molecular formula is C18H26N2S. The van der Waals surface area contributed by atoms with Gasteiger partial charge in [0.25, 0.3) is 0 Å². The van der Waals surface area contributed by atoms with Crippen molar-refractivity contribution < 1.29 is 0 Å². The molecule has 2 N–H and O–H groups in total. The summed E-state index contributed by atoms with van der Waals surface area (Å²) in [5.74, 6) is 0. The molecule has 1 unspecified atom stereocenters. The number of nitrogens with zero attached hydrogens (tertiary/aromatic N) is 1. The lowest BCUT2D eigenvalue weighted by Gasteiger charge is -2.23. The first-order valence-electron chi connectivity index (χ1n) is 7.52. The van der Waals surface area contributed by atoms with Crippen LogP contribution in [0.4, 0.5) is 0 Å². The lowest BCUT2D eigenvalue weighted by molar-refractivity contribution is 0.587. The van der Waals surface area contributed by atoms with E-state index in [1.165, 1.54) is 22.3 Å². The van der Waals surface area contributed by atoms with Gasteiger partial charge in [0.2, 0.25) is 0 Å². The van der Waals surface area contributed by atoms with Crippen LogP contribution in [0.25, 0.3) is 0 Å². The first-order valence-corrected chi connectivity index (χ1v) is 8.40. The zero-order chi connectivity index (χ0) is 15.6. The summed E-state index contributed by atoms with van der Waals surface area (Å²) in [4.78, 5) is 4.33. The molecule has 0 aliphatic heterocycles. The summed E-state index contributed by atoms with van der Waals surface area (Å²) in [5.41, 5.74) is 12.0. The van der Waals surface area contributed by atoms with Crippen molar-refractivity contribution >= 4 is 11.3 Å². The molecule has 0 radical (unpaired) electrons. The molecule has 21 heavy (non-hydrogen) atoms. The molecule has 0 saturated heterocycles. The predicted octanol–water partition coefficient (Wildman–Crippen LogP) is 4.17.